The van der Waals surface area contributed by atoms with Gasteiger partial charge >= 0.3 is 5.97 Å². The number of ether oxygens (including phenoxy) is 1. The van der Waals surface area contributed by atoms with E-state index in [1.165, 1.54) is 0 Å². The number of unbranched alkanes of at least 4 members (excludes halogenated alkanes) is 2. The van der Waals surface area contributed by atoms with E-state index >= 15 is 0 Å². The smallest absolute Gasteiger partial charge is 0.306 e. The predicted octanol–water partition coefficient (Wildman–Crippen LogP) is 4.14. The van der Waals surface area contributed by atoms with Gasteiger partial charge in [-0.1, -0.05) is 38.0 Å². The van der Waals surface area contributed by atoms with E-state index in [-0.39, 0.29) is 36.1 Å². The Balaban J connectivity index is 1.29. The third kappa shape index (κ3) is 5.09. The van der Waals surface area contributed by atoms with Crippen LogP contribution < -0.4 is 4.90 Å². The first-order valence-electron chi connectivity index (χ1n) is 13.5. The Morgan fingerprint density at radius 3 is 2.53 bits per heavy atom. The number of carbonyl (C=O) groups excluding carboxylic acids is 1. The highest BCUT2D eigenvalue weighted by Crippen LogP contribution is 2.56. The molecule has 8 heteroatoms. The number of aromatic hydroxyl groups is 2. The molecule has 2 unspecified atom stereocenters. The quantitative estimate of drug-likeness (QED) is 0.291. The molecule has 3 atom stereocenters. The van der Waals surface area contributed by atoms with Crippen LogP contribution in [0, 0.1) is 0 Å². The van der Waals surface area contributed by atoms with Crippen molar-refractivity contribution in [2.45, 2.75) is 69.9 Å². The molecule has 0 saturated carbocycles. The van der Waals surface area contributed by atoms with Crippen molar-refractivity contribution in [3.8, 4) is 11.8 Å². The zero-order valence-electron chi connectivity index (χ0n) is 21.2. The lowest BCUT2D eigenvalue weighted by atomic mass is 10.0. The topological polar surface area (TPSA) is 91.1 Å². The second-order valence-electron chi connectivity index (χ2n) is 10.3. The fourth-order valence-electron chi connectivity index (χ4n) is 5.97. The van der Waals surface area contributed by atoms with Gasteiger partial charge in [-0.3, -0.25) is 14.3 Å². The largest absolute Gasteiger partial charge is 0.494 e. The third-order valence-electron chi connectivity index (χ3n) is 7.80. The minimum absolute atomic E-state index is 0.114. The lowest BCUT2D eigenvalue weighted by molar-refractivity contribution is -0.151. The van der Waals surface area contributed by atoms with Crippen LogP contribution in [0.4, 0.5) is 5.82 Å². The molecule has 1 fully saturated rings. The summed E-state index contributed by atoms with van der Waals surface area (Å²) in [5.74, 6) is 1.33. The number of rotatable bonds is 10. The Labute approximate surface area is 213 Å². The lowest BCUT2D eigenvalue weighted by Gasteiger charge is -2.27. The highest BCUT2D eigenvalue weighted by atomic mass is 16.5. The minimum Gasteiger partial charge on any atom is -0.494 e. The fraction of sp³-hybridized carbons (Fsp3) is 0.571. The summed E-state index contributed by atoms with van der Waals surface area (Å²) in [5, 5.41) is 22.0. The van der Waals surface area contributed by atoms with Crippen molar-refractivity contribution in [2.75, 3.05) is 37.6 Å². The first-order valence-corrected chi connectivity index (χ1v) is 13.5. The molecule has 5 rings (SSSR count). The Kier molecular flexibility index (Phi) is 7.51. The second-order valence-corrected chi connectivity index (χ2v) is 10.3. The Morgan fingerprint density at radius 2 is 1.83 bits per heavy atom. The predicted molar refractivity (Wildman–Crippen MR) is 139 cm³/mol. The maximum Gasteiger partial charge on any atom is 0.306 e. The van der Waals surface area contributed by atoms with E-state index in [4.69, 9.17) is 4.74 Å². The average Bonchev–Trinajstić information content (AvgIpc) is 3.50. The van der Waals surface area contributed by atoms with Crippen LogP contribution in [-0.2, 0) is 16.1 Å². The van der Waals surface area contributed by atoms with Gasteiger partial charge < -0.3 is 19.8 Å². The molecule has 2 N–H and O–H groups in total. The number of esters is 1. The van der Waals surface area contributed by atoms with Crippen LogP contribution in [0.2, 0.25) is 0 Å². The third-order valence-corrected chi connectivity index (χ3v) is 7.80. The monoisotopic (exact) mass is 494 g/mol. The molecule has 194 valence electrons. The SMILES string of the molecule is CCCCCC(=O)OC(CN1CCCN(c2ccccn2)CC1)Cn1c(O)c2c(c1O)[C@H]1C=CC2C1. The maximum absolute atomic E-state index is 12.7. The van der Waals surface area contributed by atoms with Crippen LogP contribution in [0.1, 0.15) is 68.4 Å². The highest BCUT2D eigenvalue weighted by molar-refractivity contribution is 5.69. The molecule has 2 aliphatic carbocycles. The van der Waals surface area contributed by atoms with Gasteiger partial charge in [0.2, 0.25) is 0 Å². The Morgan fingerprint density at radius 1 is 1.06 bits per heavy atom. The van der Waals surface area contributed by atoms with Crippen LogP contribution in [0.5, 0.6) is 11.8 Å². The van der Waals surface area contributed by atoms with Crippen molar-refractivity contribution in [1.29, 1.82) is 0 Å². The summed E-state index contributed by atoms with van der Waals surface area (Å²) < 4.78 is 7.53. The van der Waals surface area contributed by atoms with Gasteiger partial charge in [-0.05, 0) is 31.4 Å². The van der Waals surface area contributed by atoms with Crippen molar-refractivity contribution in [3.63, 3.8) is 0 Å². The van der Waals surface area contributed by atoms with Crippen molar-refractivity contribution >= 4 is 11.8 Å². The van der Waals surface area contributed by atoms with Gasteiger partial charge in [-0.15, -0.1) is 0 Å². The van der Waals surface area contributed by atoms with Gasteiger partial charge in [0.1, 0.15) is 11.9 Å². The number of hydrogen-bond acceptors (Lipinski definition) is 7. The van der Waals surface area contributed by atoms with E-state index < -0.39 is 6.10 Å². The van der Waals surface area contributed by atoms with Crippen molar-refractivity contribution in [1.82, 2.24) is 14.5 Å². The minimum atomic E-state index is -0.463. The molecule has 36 heavy (non-hydrogen) atoms. The van der Waals surface area contributed by atoms with Gasteiger partial charge in [0.15, 0.2) is 11.8 Å². The molecule has 1 saturated heterocycles. The zero-order valence-corrected chi connectivity index (χ0v) is 21.2. The van der Waals surface area contributed by atoms with E-state index in [0.717, 1.165) is 75.2 Å². The van der Waals surface area contributed by atoms with E-state index in [1.54, 1.807) is 4.57 Å². The van der Waals surface area contributed by atoms with E-state index in [2.05, 4.69) is 33.9 Å². The van der Waals surface area contributed by atoms with Crippen molar-refractivity contribution in [2.24, 2.45) is 0 Å². The number of carbonyl (C=O) groups is 1. The Hall–Kier alpha value is -3.00. The fourth-order valence-corrected chi connectivity index (χ4v) is 5.97. The molecule has 2 bridgehead atoms. The molecule has 1 aliphatic heterocycles. The number of hydrogen-bond donors (Lipinski definition) is 2. The van der Waals surface area contributed by atoms with Gasteiger partial charge in [0.25, 0.3) is 0 Å². The molecule has 2 aromatic heterocycles. The summed E-state index contributed by atoms with van der Waals surface area (Å²) in [6, 6.07) is 5.97. The van der Waals surface area contributed by atoms with Crippen LogP contribution in [-0.4, -0.2) is 69.5 Å². The first-order chi connectivity index (χ1) is 17.5. The summed E-state index contributed by atoms with van der Waals surface area (Å²) in [6.45, 7) is 6.40. The highest BCUT2D eigenvalue weighted by Gasteiger charge is 2.41. The summed E-state index contributed by atoms with van der Waals surface area (Å²) in [5.41, 5.74) is 1.68. The number of aromatic nitrogens is 2. The van der Waals surface area contributed by atoms with Crippen molar-refractivity contribution in [3.05, 3.63) is 47.7 Å². The van der Waals surface area contributed by atoms with Crippen LogP contribution in [0.15, 0.2) is 36.5 Å². The summed E-state index contributed by atoms with van der Waals surface area (Å²) in [4.78, 5) is 21.8. The molecule has 2 aromatic rings. The summed E-state index contributed by atoms with van der Waals surface area (Å²) in [7, 11) is 0. The summed E-state index contributed by atoms with van der Waals surface area (Å²) in [6.07, 6.45) is 10.7. The standard InChI is InChI=1S/C28H38N4O4/c1-2-3-4-9-24(33)36-22(18-30-13-7-14-31(16-15-30)23-8-5-6-12-29-23)19-32-27(34)25-20-10-11-21(17-20)26(25)28(32)35/h5-6,8,10-12,20-22,34-35H,2-4,7,9,13-19H2,1H3/t20-,21?,22?/m0/s1. The summed E-state index contributed by atoms with van der Waals surface area (Å²) >= 11 is 0. The zero-order chi connectivity index (χ0) is 25.1. The molecule has 3 aliphatic rings. The Bertz CT molecular complexity index is 1050. The maximum atomic E-state index is 12.7. The number of nitrogens with zero attached hydrogens (tertiary/aromatic N) is 4. The van der Waals surface area contributed by atoms with E-state index in [1.807, 2.05) is 24.4 Å². The van der Waals surface area contributed by atoms with Gasteiger partial charge in [0.05, 0.1) is 6.54 Å². The molecule has 8 nitrogen and oxygen atoms in total. The average molecular weight is 495 g/mol. The van der Waals surface area contributed by atoms with E-state index in [0.29, 0.717) is 13.0 Å². The van der Waals surface area contributed by atoms with Crippen LogP contribution >= 0.6 is 0 Å². The number of allylic oxidation sites excluding steroid dienone is 2. The van der Waals surface area contributed by atoms with Crippen LogP contribution in [0.25, 0.3) is 0 Å². The molecule has 0 aromatic carbocycles. The van der Waals surface area contributed by atoms with Crippen LogP contribution in [0.3, 0.4) is 0 Å². The van der Waals surface area contributed by atoms with Gasteiger partial charge in [-0.2, -0.15) is 0 Å². The lowest BCUT2D eigenvalue weighted by Crippen LogP contribution is -2.39. The second kappa shape index (κ2) is 10.9. The normalized spacial score (nSPS) is 22.0. The molecule has 0 amide bonds. The molecule has 0 spiro atoms. The van der Waals surface area contributed by atoms with Gasteiger partial charge in [-0.25, -0.2) is 4.98 Å². The molecular formula is C28H38N4O4. The van der Waals surface area contributed by atoms with Gasteiger partial charge in [0, 0.05) is 68.3 Å². The first kappa shape index (κ1) is 24.7. The number of anilines is 1. The van der Waals surface area contributed by atoms with E-state index in [9.17, 15) is 15.0 Å². The number of pyridine rings is 1. The molecular weight excluding hydrogens is 456 g/mol. The molecule has 0 radical (unpaired) electrons. The molecule has 3 heterocycles. The van der Waals surface area contributed by atoms with Crippen molar-refractivity contribution < 1.29 is 19.7 Å². The number of fused-ring (bicyclic) bond motifs is 5.